The van der Waals surface area contributed by atoms with Gasteiger partial charge in [0.05, 0.1) is 11.3 Å². The maximum absolute atomic E-state index is 12.5. The molecule has 0 spiro atoms. The number of amides is 1. The highest BCUT2D eigenvalue weighted by molar-refractivity contribution is 6.03. The summed E-state index contributed by atoms with van der Waals surface area (Å²) < 4.78 is 5.70. The lowest BCUT2D eigenvalue weighted by atomic mass is 10.0. The van der Waals surface area contributed by atoms with Crippen LogP contribution in [0, 0.1) is 0 Å². The number of hydrogen-bond donors (Lipinski definition) is 1. The van der Waals surface area contributed by atoms with Crippen molar-refractivity contribution in [2.24, 2.45) is 0 Å². The SMILES string of the molecule is CCCCCN1C(=O)C(C)(C)Oc2cc(C(=O)O)ccc21. The average Bonchev–Trinajstić information content (AvgIpc) is 2.42. The van der Waals surface area contributed by atoms with Crippen molar-refractivity contribution in [2.45, 2.75) is 45.6 Å². The summed E-state index contributed by atoms with van der Waals surface area (Å²) in [4.78, 5) is 25.3. The summed E-state index contributed by atoms with van der Waals surface area (Å²) in [7, 11) is 0. The first-order valence-electron chi connectivity index (χ1n) is 7.25. The second-order valence-electron chi connectivity index (χ2n) is 5.76. The predicted octanol–water partition coefficient (Wildman–Crippen LogP) is 3.08. The molecular weight excluding hydrogens is 270 g/mol. The van der Waals surface area contributed by atoms with Crippen molar-refractivity contribution in [2.75, 3.05) is 11.4 Å². The van der Waals surface area contributed by atoms with E-state index >= 15 is 0 Å². The number of hydrogen-bond acceptors (Lipinski definition) is 3. The quantitative estimate of drug-likeness (QED) is 0.847. The van der Waals surface area contributed by atoms with Crippen LogP contribution in [0.4, 0.5) is 5.69 Å². The van der Waals surface area contributed by atoms with E-state index in [1.165, 1.54) is 12.1 Å². The first-order valence-corrected chi connectivity index (χ1v) is 7.25. The standard InChI is InChI=1S/C16H21NO4/c1-4-5-6-9-17-12-8-7-11(14(18)19)10-13(12)21-16(2,3)15(17)20/h7-8,10H,4-6,9H2,1-3H3,(H,18,19). The van der Waals surface area contributed by atoms with E-state index < -0.39 is 11.6 Å². The summed E-state index contributed by atoms with van der Waals surface area (Å²) in [5.74, 6) is -0.640. The molecule has 0 aromatic heterocycles. The second kappa shape index (κ2) is 5.76. The van der Waals surface area contributed by atoms with Crippen molar-refractivity contribution in [3.05, 3.63) is 23.8 Å². The lowest BCUT2D eigenvalue weighted by molar-refractivity contribution is -0.132. The molecule has 1 aliphatic heterocycles. The molecule has 0 unspecified atom stereocenters. The molecule has 21 heavy (non-hydrogen) atoms. The Hall–Kier alpha value is -2.04. The monoisotopic (exact) mass is 291 g/mol. The number of carbonyl (C=O) groups is 2. The van der Waals surface area contributed by atoms with Crippen molar-refractivity contribution in [3.63, 3.8) is 0 Å². The van der Waals surface area contributed by atoms with Gasteiger partial charge in [-0.3, -0.25) is 4.79 Å². The fourth-order valence-electron chi connectivity index (χ4n) is 2.45. The number of ether oxygens (including phenoxy) is 1. The smallest absolute Gasteiger partial charge is 0.335 e. The van der Waals surface area contributed by atoms with E-state index in [9.17, 15) is 9.59 Å². The number of anilines is 1. The maximum Gasteiger partial charge on any atom is 0.335 e. The van der Waals surface area contributed by atoms with Crippen molar-refractivity contribution < 1.29 is 19.4 Å². The third-order valence-corrected chi connectivity index (χ3v) is 3.61. The summed E-state index contributed by atoms with van der Waals surface area (Å²) >= 11 is 0. The molecule has 114 valence electrons. The van der Waals surface area contributed by atoms with Gasteiger partial charge in [0.25, 0.3) is 5.91 Å². The molecule has 1 heterocycles. The molecule has 0 fully saturated rings. The number of unbranched alkanes of at least 4 members (excludes halogenated alkanes) is 2. The van der Waals surface area contributed by atoms with Gasteiger partial charge in [-0.05, 0) is 38.5 Å². The van der Waals surface area contributed by atoms with E-state index in [1.54, 1.807) is 24.8 Å². The molecule has 0 saturated heterocycles. The number of rotatable bonds is 5. The van der Waals surface area contributed by atoms with Gasteiger partial charge in [-0.2, -0.15) is 0 Å². The average molecular weight is 291 g/mol. The van der Waals surface area contributed by atoms with E-state index in [2.05, 4.69) is 6.92 Å². The van der Waals surface area contributed by atoms with Crippen LogP contribution in [-0.2, 0) is 4.79 Å². The largest absolute Gasteiger partial charge is 0.478 e. The van der Waals surface area contributed by atoms with Gasteiger partial charge in [-0.1, -0.05) is 19.8 Å². The van der Waals surface area contributed by atoms with E-state index in [0.29, 0.717) is 18.0 Å². The molecule has 5 nitrogen and oxygen atoms in total. The van der Waals surface area contributed by atoms with E-state index in [-0.39, 0.29) is 11.5 Å². The number of carboxylic acids is 1. The minimum absolute atomic E-state index is 0.0887. The number of aromatic carboxylic acids is 1. The third-order valence-electron chi connectivity index (χ3n) is 3.61. The molecule has 1 aromatic carbocycles. The van der Waals surface area contributed by atoms with Gasteiger partial charge in [0.1, 0.15) is 5.75 Å². The Bertz CT molecular complexity index is 565. The van der Waals surface area contributed by atoms with Crippen LogP contribution >= 0.6 is 0 Å². The molecule has 2 rings (SSSR count). The highest BCUT2D eigenvalue weighted by Gasteiger charge is 2.40. The lowest BCUT2D eigenvalue weighted by Gasteiger charge is -2.39. The molecule has 0 aliphatic carbocycles. The van der Waals surface area contributed by atoms with E-state index in [0.717, 1.165) is 19.3 Å². The first-order chi connectivity index (χ1) is 9.86. The number of benzene rings is 1. The minimum atomic E-state index is -1.01. The highest BCUT2D eigenvalue weighted by atomic mass is 16.5. The van der Waals surface area contributed by atoms with Crippen LogP contribution in [0.1, 0.15) is 50.4 Å². The molecule has 0 radical (unpaired) electrons. The molecule has 0 saturated carbocycles. The van der Waals surface area contributed by atoms with Crippen LogP contribution in [0.15, 0.2) is 18.2 Å². The van der Waals surface area contributed by atoms with Crippen LogP contribution in [0.2, 0.25) is 0 Å². The number of carbonyl (C=O) groups excluding carboxylic acids is 1. The molecule has 1 N–H and O–H groups in total. The molecule has 0 bridgehead atoms. The zero-order chi connectivity index (χ0) is 15.6. The van der Waals surface area contributed by atoms with Crippen LogP contribution < -0.4 is 9.64 Å². The number of nitrogens with zero attached hydrogens (tertiary/aromatic N) is 1. The second-order valence-corrected chi connectivity index (χ2v) is 5.76. The van der Waals surface area contributed by atoms with Gasteiger partial charge < -0.3 is 14.7 Å². The van der Waals surface area contributed by atoms with Crippen molar-refractivity contribution in [1.29, 1.82) is 0 Å². The summed E-state index contributed by atoms with van der Waals surface area (Å²) in [5.41, 5.74) is -0.163. The van der Waals surface area contributed by atoms with E-state index in [1.807, 2.05) is 0 Å². The Kier molecular flexibility index (Phi) is 4.21. The Labute approximate surface area is 124 Å². The van der Waals surface area contributed by atoms with Gasteiger partial charge in [0, 0.05) is 6.54 Å². The van der Waals surface area contributed by atoms with Gasteiger partial charge in [0.2, 0.25) is 0 Å². The Morgan fingerprint density at radius 2 is 2.05 bits per heavy atom. The zero-order valence-corrected chi connectivity index (χ0v) is 12.7. The Balaban J connectivity index is 2.38. The van der Waals surface area contributed by atoms with Gasteiger partial charge in [-0.25, -0.2) is 4.79 Å². The summed E-state index contributed by atoms with van der Waals surface area (Å²) in [5, 5.41) is 9.07. The molecule has 1 aliphatic rings. The minimum Gasteiger partial charge on any atom is -0.478 e. The predicted molar refractivity (Wildman–Crippen MR) is 80.0 cm³/mol. The number of fused-ring (bicyclic) bond motifs is 1. The zero-order valence-electron chi connectivity index (χ0n) is 12.7. The normalized spacial score (nSPS) is 16.3. The molecule has 1 amide bonds. The molecule has 5 heteroatoms. The third kappa shape index (κ3) is 3.01. The summed E-state index contributed by atoms with van der Waals surface area (Å²) in [6.45, 7) is 6.15. The van der Waals surface area contributed by atoms with Crippen LogP contribution in [-0.4, -0.2) is 29.1 Å². The first kappa shape index (κ1) is 15.4. The highest BCUT2D eigenvalue weighted by Crippen LogP contribution is 2.38. The fourth-order valence-corrected chi connectivity index (χ4v) is 2.45. The molecule has 0 atom stereocenters. The Morgan fingerprint density at radius 3 is 2.67 bits per heavy atom. The topological polar surface area (TPSA) is 66.8 Å². The van der Waals surface area contributed by atoms with E-state index in [4.69, 9.17) is 9.84 Å². The van der Waals surface area contributed by atoms with Crippen molar-refractivity contribution >= 4 is 17.6 Å². The number of carboxylic acid groups (broad SMARTS) is 1. The Morgan fingerprint density at radius 1 is 1.33 bits per heavy atom. The molecular formula is C16H21NO4. The molecule has 1 aromatic rings. The fraction of sp³-hybridized carbons (Fsp3) is 0.500. The van der Waals surface area contributed by atoms with Crippen LogP contribution in [0.3, 0.4) is 0 Å². The summed E-state index contributed by atoms with van der Waals surface area (Å²) in [6.07, 6.45) is 3.04. The van der Waals surface area contributed by atoms with Gasteiger partial charge in [0.15, 0.2) is 5.60 Å². The lowest BCUT2D eigenvalue weighted by Crippen LogP contribution is -2.52. The summed E-state index contributed by atoms with van der Waals surface area (Å²) in [6, 6.07) is 4.64. The van der Waals surface area contributed by atoms with Crippen LogP contribution in [0.5, 0.6) is 5.75 Å². The van der Waals surface area contributed by atoms with Gasteiger partial charge >= 0.3 is 5.97 Å². The van der Waals surface area contributed by atoms with Crippen molar-refractivity contribution in [1.82, 2.24) is 0 Å². The maximum atomic E-state index is 12.5. The van der Waals surface area contributed by atoms with Crippen LogP contribution in [0.25, 0.3) is 0 Å². The van der Waals surface area contributed by atoms with Crippen molar-refractivity contribution in [3.8, 4) is 5.75 Å². The van der Waals surface area contributed by atoms with Gasteiger partial charge in [-0.15, -0.1) is 0 Å².